The van der Waals surface area contributed by atoms with Crippen LogP contribution in [0, 0.1) is 20.2 Å². The van der Waals surface area contributed by atoms with E-state index in [1.165, 1.54) is 6.08 Å². The quantitative estimate of drug-likeness (QED) is 0.290. The zero-order chi connectivity index (χ0) is 28.1. The predicted octanol–water partition coefficient (Wildman–Crippen LogP) is 3.85. The Morgan fingerprint density at radius 2 is 1.77 bits per heavy atom. The van der Waals surface area contributed by atoms with E-state index < -0.39 is 33.0 Å². The van der Waals surface area contributed by atoms with Gasteiger partial charge in [0.05, 0.1) is 33.2 Å². The molecule has 0 radical (unpaired) electrons. The summed E-state index contributed by atoms with van der Waals surface area (Å²) in [5.41, 5.74) is 2.79. The Morgan fingerprint density at radius 3 is 2.48 bits per heavy atom. The Morgan fingerprint density at radius 1 is 1.05 bits per heavy atom. The second kappa shape index (κ2) is 9.58. The van der Waals surface area contributed by atoms with E-state index >= 15 is 0 Å². The van der Waals surface area contributed by atoms with Crippen LogP contribution in [0.5, 0.6) is 11.5 Å². The number of aryl methyl sites for hydroxylation is 1. The molecule has 4 aromatic rings. The third kappa shape index (κ3) is 4.05. The number of benzene rings is 3. The summed E-state index contributed by atoms with van der Waals surface area (Å²) in [7, 11) is 1.57. The first-order chi connectivity index (χ1) is 19.3. The topological polar surface area (TPSA) is 150 Å². The van der Waals surface area contributed by atoms with Gasteiger partial charge in [-0.1, -0.05) is 47.7 Å². The van der Waals surface area contributed by atoms with Crippen molar-refractivity contribution < 1.29 is 19.7 Å². The maximum absolute atomic E-state index is 13.9. The summed E-state index contributed by atoms with van der Waals surface area (Å²) in [4.78, 5) is 40.3. The van der Waals surface area contributed by atoms with Crippen LogP contribution in [0.2, 0.25) is 0 Å². The van der Waals surface area contributed by atoms with Gasteiger partial charge in [-0.05, 0) is 53.3 Å². The first-order valence-electron chi connectivity index (χ1n) is 12.2. The molecule has 0 saturated carbocycles. The molecule has 3 aromatic carbocycles. The van der Waals surface area contributed by atoms with Crippen molar-refractivity contribution in [3.63, 3.8) is 0 Å². The Hall–Kier alpha value is -5.10. The van der Waals surface area contributed by atoms with Crippen LogP contribution < -0.4 is 19.6 Å². The highest BCUT2D eigenvalue weighted by molar-refractivity contribution is 7.07. The molecule has 0 spiro atoms. The van der Waals surface area contributed by atoms with Gasteiger partial charge < -0.3 is 9.84 Å². The van der Waals surface area contributed by atoms with Crippen molar-refractivity contribution in [2.75, 3.05) is 7.11 Å². The summed E-state index contributed by atoms with van der Waals surface area (Å²) >= 11 is 1.09. The number of aromatic hydroxyl groups is 1. The predicted molar refractivity (Wildman–Crippen MR) is 147 cm³/mol. The molecule has 1 atom stereocenters. The molecule has 1 N–H and O–H groups in total. The number of nitrogens with zero attached hydrogens (tertiary/aromatic N) is 4. The molecule has 0 fully saturated rings. The molecule has 0 unspecified atom stereocenters. The standard InChI is InChI=1S/C28H20N4O7S/c1-39-18-7-4-6-17(14-18)25-20-10-9-16-5-2-3-8-19(16)24(20)29-28-30(25)27(34)23(40-28)13-15-11-21(31(35)36)26(33)22(12-15)32(37)38/h2-8,11-14,25,33H,9-10H2,1H3/b23-13+/t25-/m1/s1. The number of phenols is 1. The van der Waals surface area contributed by atoms with E-state index in [9.17, 15) is 30.1 Å². The van der Waals surface area contributed by atoms with Crippen LogP contribution in [0.1, 0.15) is 34.7 Å². The molecule has 0 amide bonds. The average Bonchev–Trinajstić information content (AvgIpc) is 3.26. The van der Waals surface area contributed by atoms with Crippen LogP contribution in [0.15, 0.2) is 76.0 Å². The number of nitro groups is 2. The zero-order valence-electron chi connectivity index (χ0n) is 20.9. The third-order valence-electron chi connectivity index (χ3n) is 7.07. The molecule has 12 heteroatoms. The molecule has 2 aliphatic rings. The fourth-order valence-electron chi connectivity index (χ4n) is 5.27. The number of thiazole rings is 1. The molecule has 40 heavy (non-hydrogen) atoms. The molecular weight excluding hydrogens is 536 g/mol. The fourth-order valence-corrected chi connectivity index (χ4v) is 6.27. The monoisotopic (exact) mass is 556 g/mol. The van der Waals surface area contributed by atoms with Crippen LogP contribution in [0.3, 0.4) is 0 Å². The fraction of sp³-hybridized carbons (Fsp3) is 0.143. The van der Waals surface area contributed by atoms with E-state index in [1.54, 1.807) is 11.7 Å². The number of allylic oxidation sites excluding steroid dienone is 1. The molecule has 11 nitrogen and oxygen atoms in total. The minimum atomic E-state index is -1.04. The van der Waals surface area contributed by atoms with Gasteiger partial charge in [-0.15, -0.1) is 0 Å². The van der Waals surface area contributed by atoms with E-state index in [0.717, 1.165) is 57.9 Å². The first-order valence-corrected chi connectivity index (χ1v) is 13.0. The van der Waals surface area contributed by atoms with Gasteiger partial charge in [-0.2, -0.15) is 0 Å². The molecule has 1 aromatic heterocycles. The van der Waals surface area contributed by atoms with Gasteiger partial charge in [0.1, 0.15) is 5.75 Å². The molecule has 200 valence electrons. The molecule has 0 bridgehead atoms. The Kier molecular flexibility index (Phi) is 6.03. The number of hydrogen-bond donors (Lipinski definition) is 1. The highest BCUT2D eigenvalue weighted by Crippen LogP contribution is 2.42. The van der Waals surface area contributed by atoms with Crippen LogP contribution >= 0.6 is 11.3 Å². The Bertz CT molecular complexity index is 1920. The molecule has 0 saturated heterocycles. The maximum Gasteiger partial charge on any atom is 0.318 e. The number of nitro benzene ring substituents is 2. The van der Waals surface area contributed by atoms with Crippen LogP contribution in [-0.2, 0) is 6.42 Å². The summed E-state index contributed by atoms with van der Waals surface area (Å²) < 4.78 is 7.24. The van der Waals surface area contributed by atoms with E-state index in [0.29, 0.717) is 17.0 Å². The Labute approximate surface area is 229 Å². The van der Waals surface area contributed by atoms with Gasteiger partial charge in [0.2, 0.25) is 0 Å². The minimum Gasteiger partial charge on any atom is -0.497 e. The maximum atomic E-state index is 13.9. The van der Waals surface area contributed by atoms with E-state index in [4.69, 9.17) is 9.73 Å². The number of phenolic OH excluding ortho intramolecular Hbond substituents is 1. The summed E-state index contributed by atoms with van der Waals surface area (Å²) in [6, 6.07) is 17.0. The lowest BCUT2D eigenvalue weighted by molar-refractivity contribution is -0.396. The number of methoxy groups -OCH3 is 1. The molecule has 2 heterocycles. The third-order valence-corrected chi connectivity index (χ3v) is 8.05. The lowest BCUT2D eigenvalue weighted by Gasteiger charge is -2.31. The molecule has 6 rings (SSSR count). The normalized spacial score (nSPS) is 16.0. The lowest BCUT2D eigenvalue weighted by Crippen LogP contribution is -2.38. The van der Waals surface area contributed by atoms with E-state index in [-0.39, 0.29) is 15.7 Å². The molecule has 1 aliphatic carbocycles. The lowest BCUT2D eigenvalue weighted by atomic mass is 9.83. The molecule has 1 aliphatic heterocycles. The minimum absolute atomic E-state index is 0.0356. The van der Waals surface area contributed by atoms with Crippen molar-refractivity contribution in [1.82, 2.24) is 4.57 Å². The zero-order valence-corrected chi connectivity index (χ0v) is 21.8. The summed E-state index contributed by atoms with van der Waals surface area (Å²) in [5.74, 6) is -0.406. The highest BCUT2D eigenvalue weighted by Gasteiger charge is 2.33. The van der Waals surface area contributed by atoms with E-state index in [1.807, 2.05) is 42.5 Å². The number of ether oxygens (including phenoxy) is 1. The van der Waals surface area contributed by atoms with Crippen molar-refractivity contribution in [2.24, 2.45) is 4.99 Å². The van der Waals surface area contributed by atoms with Crippen molar-refractivity contribution >= 4 is 34.5 Å². The largest absolute Gasteiger partial charge is 0.497 e. The van der Waals surface area contributed by atoms with Crippen molar-refractivity contribution in [3.05, 3.63) is 128 Å². The highest BCUT2D eigenvalue weighted by atomic mass is 32.1. The smallest absolute Gasteiger partial charge is 0.318 e. The number of hydrogen-bond acceptors (Lipinski definition) is 9. The van der Waals surface area contributed by atoms with Crippen molar-refractivity contribution in [1.29, 1.82) is 0 Å². The number of rotatable bonds is 5. The SMILES string of the molecule is COc1cccc([C@@H]2C3=C(N=c4s/c(=C/c5cc([N+](=O)[O-])c(O)c([N+](=O)[O-])c5)c(=O)n42)c2ccccc2CC3)c1. The molecular formula is C28H20N4O7S. The second-order valence-electron chi connectivity index (χ2n) is 9.31. The van der Waals surface area contributed by atoms with Gasteiger partial charge in [0, 0.05) is 17.7 Å². The van der Waals surface area contributed by atoms with Crippen LogP contribution in [0.25, 0.3) is 11.8 Å². The second-order valence-corrected chi connectivity index (χ2v) is 10.3. The number of fused-ring (bicyclic) bond motifs is 3. The summed E-state index contributed by atoms with van der Waals surface area (Å²) in [5, 5.41) is 32.9. The van der Waals surface area contributed by atoms with Crippen LogP contribution in [0.4, 0.5) is 11.4 Å². The van der Waals surface area contributed by atoms with Gasteiger partial charge in [-0.25, -0.2) is 4.99 Å². The van der Waals surface area contributed by atoms with Crippen LogP contribution in [-0.4, -0.2) is 26.6 Å². The van der Waals surface area contributed by atoms with Crippen molar-refractivity contribution in [2.45, 2.75) is 18.9 Å². The van der Waals surface area contributed by atoms with E-state index in [2.05, 4.69) is 6.07 Å². The summed E-state index contributed by atoms with van der Waals surface area (Å²) in [6.45, 7) is 0. The van der Waals surface area contributed by atoms with Gasteiger partial charge in [0.25, 0.3) is 11.3 Å². The number of aromatic nitrogens is 1. The van der Waals surface area contributed by atoms with Gasteiger partial charge in [-0.3, -0.25) is 29.6 Å². The first kappa shape index (κ1) is 25.2. The Balaban J connectivity index is 1.62. The van der Waals surface area contributed by atoms with Gasteiger partial charge >= 0.3 is 11.4 Å². The van der Waals surface area contributed by atoms with Crippen molar-refractivity contribution in [3.8, 4) is 11.5 Å². The summed E-state index contributed by atoms with van der Waals surface area (Å²) in [6.07, 6.45) is 2.83. The van der Waals surface area contributed by atoms with Gasteiger partial charge in [0.15, 0.2) is 4.80 Å². The average molecular weight is 557 g/mol.